The first-order chi connectivity index (χ1) is 18.4. The number of halogens is 1. The zero-order chi connectivity index (χ0) is 27.2. The Bertz CT molecular complexity index is 1210. The van der Waals surface area contributed by atoms with E-state index < -0.39 is 21.2 Å². The van der Waals surface area contributed by atoms with Gasteiger partial charge in [-0.25, -0.2) is 8.42 Å². The smallest absolute Gasteiger partial charge is 0.262 e. The molecule has 0 amide bonds. The van der Waals surface area contributed by atoms with Crippen LogP contribution >= 0.6 is 11.6 Å². The largest absolute Gasteiger partial charge is 0.489 e. The number of ether oxygens (including phenoxy) is 2. The van der Waals surface area contributed by atoms with E-state index >= 15 is 0 Å². The SMILES string of the molecule is CCCCCCCCCC[C@H](Oc1ccc(S(=O)(=O)c2ccc(OCc3ccccc3)cc2)cc1)C(=O)Cl. The van der Waals surface area contributed by atoms with Crippen LogP contribution in [0.2, 0.25) is 0 Å². The van der Waals surface area contributed by atoms with E-state index in [1.807, 2.05) is 30.3 Å². The van der Waals surface area contributed by atoms with E-state index in [2.05, 4.69) is 6.92 Å². The normalized spacial score (nSPS) is 12.2. The van der Waals surface area contributed by atoms with Crippen molar-refractivity contribution in [3.05, 3.63) is 84.4 Å². The van der Waals surface area contributed by atoms with Gasteiger partial charge in [-0.3, -0.25) is 4.79 Å². The fraction of sp³-hybridized carbons (Fsp3) is 0.387. The Labute approximate surface area is 232 Å². The van der Waals surface area contributed by atoms with Crippen LogP contribution in [0, 0.1) is 0 Å². The van der Waals surface area contributed by atoms with E-state index in [1.165, 1.54) is 56.4 Å². The van der Waals surface area contributed by atoms with E-state index in [9.17, 15) is 13.2 Å². The molecule has 0 bridgehead atoms. The number of carbonyl (C=O) groups excluding carboxylic acids is 1. The third-order valence-electron chi connectivity index (χ3n) is 6.37. The average Bonchev–Trinajstić information content (AvgIpc) is 2.93. The lowest BCUT2D eigenvalue weighted by molar-refractivity contribution is -0.118. The zero-order valence-corrected chi connectivity index (χ0v) is 23.6. The number of unbranched alkanes of at least 4 members (excludes halogenated alkanes) is 7. The van der Waals surface area contributed by atoms with Gasteiger partial charge in [-0.1, -0.05) is 82.2 Å². The first-order valence-corrected chi connectivity index (χ1v) is 15.2. The van der Waals surface area contributed by atoms with Gasteiger partial charge in [0.15, 0.2) is 6.10 Å². The van der Waals surface area contributed by atoms with Gasteiger partial charge in [0.25, 0.3) is 5.24 Å². The summed E-state index contributed by atoms with van der Waals surface area (Å²) in [5.74, 6) is 0.997. The van der Waals surface area contributed by atoms with Gasteiger partial charge in [-0.05, 0) is 78.5 Å². The molecule has 0 aliphatic heterocycles. The maximum absolute atomic E-state index is 13.1. The molecule has 0 radical (unpaired) electrons. The van der Waals surface area contributed by atoms with Gasteiger partial charge in [0.05, 0.1) is 9.79 Å². The minimum atomic E-state index is -3.72. The molecule has 0 fully saturated rings. The molecule has 0 spiro atoms. The molecule has 0 aromatic heterocycles. The first-order valence-electron chi connectivity index (χ1n) is 13.4. The monoisotopic (exact) mass is 556 g/mol. The molecule has 204 valence electrons. The van der Waals surface area contributed by atoms with E-state index in [0.29, 0.717) is 24.5 Å². The highest BCUT2D eigenvalue weighted by Gasteiger charge is 2.20. The van der Waals surface area contributed by atoms with Crippen molar-refractivity contribution in [2.24, 2.45) is 0 Å². The Balaban J connectivity index is 1.52. The summed E-state index contributed by atoms with van der Waals surface area (Å²) in [6, 6.07) is 22.2. The van der Waals surface area contributed by atoms with Crippen molar-refractivity contribution in [2.45, 2.75) is 87.2 Å². The van der Waals surface area contributed by atoms with Crippen LogP contribution in [-0.4, -0.2) is 19.8 Å². The van der Waals surface area contributed by atoms with Crippen LogP contribution in [-0.2, 0) is 21.2 Å². The van der Waals surface area contributed by atoms with Gasteiger partial charge in [-0.15, -0.1) is 0 Å². The highest BCUT2D eigenvalue weighted by molar-refractivity contribution is 7.91. The van der Waals surface area contributed by atoms with Crippen LogP contribution in [0.25, 0.3) is 0 Å². The van der Waals surface area contributed by atoms with Gasteiger partial charge in [-0.2, -0.15) is 0 Å². The van der Waals surface area contributed by atoms with Gasteiger partial charge in [0.1, 0.15) is 18.1 Å². The summed E-state index contributed by atoms with van der Waals surface area (Å²) in [6.45, 7) is 2.61. The molecule has 3 aromatic rings. The lowest BCUT2D eigenvalue weighted by atomic mass is 10.1. The molecule has 0 aliphatic rings. The van der Waals surface area contributed by atoms with Crippen molar-refractivity contribution in [3.8, 4) is 11.5 Å². The minimum Gasteiger partial charge on any atom is -0.489 e. The van der Waals surface area contributed by atoms with Crippen LogP contribution in [0.1, 0.15) is 70.3 Å². The van der Waals surface area contributed by atoms with E-state index in [-0.39, 0.29) is 9.79 Å². The number of carbonyl (C=O) groups is 1. The Morgan fingerprint density at radius 3 is 1.82 bits per heavy atom. The summed E-state index contributed by atoms with van der Waals surface area (Å²) < 4.78 is 37.7. The Hall–Kier alpha value is -2.83. The number of benzene rings is 3. The number of hydrogen-bond donors (Lipinski definition) is 0. The van der Waals surface area contributed by atoms with Crippen molar-refractivity contribution in [1.29, 1.82) is 0 Å². The second-order valence-corrected chi connectivity index (χ2v) is 11.7. The van der Waals surface area contributed by atoms with Crippen LogP contribution in [0.15, 0.2) is 88.7 Å². The lowest BCUT2D eigenvalue weighted by Crippen LogP contribution is -2.23. The van der Waals surface area contributed by atoms with Gasteiger partial charge < -0.3 is 9.47 Å². The second-order valence-electron chi connectivity index (χ2n) is 9.39. The van der Waals surface area contributed by atoms with Crippen LogP contribution in [0.3, 0.4) is 0 Å². The Morgan fingerprint density at radius 2 is 1.26 bits per heavy atom. The van der Waals surface area contributed by atoms with Crippen molar-refractivity contribution in [2.75, 3.05) is 0 Å². The molecule has 3 rings (SSSR count). The molecule has 5 nitrogen and oxygen atoms in total. The lowest BCUT2D eigenvalue weighted by Gasteiger charge is -2.16. The third-order valence-corrected chi connectivity index (χ3v) is 8.40. The van der Waals surface area contributed by atoms with E-state index in [1.54, 1.807) is 24.3 Å². The van der Waals surface area contributed by atoms with Gasteiger partial charge in [0, 0.05) is 0 Å². The van der Waals surface area contributed by atoms with Crippen LogP contribution in [0.4, 0.5) is 0 Å². The van der Waals surface area contributed by atoms with Crippen LogP contribution in [0.5, 0.6) is 11.5 Å². The summed E-state index contributed by atoms with van der Waals surface area (Å²) in [5, 5.41) is -0.542. The molecule has 3 aromatic carbocycles. The maximum atomic E-state index is 13.1. The predicted molar refractivity (Wildman–Crippen MR) is 152 cm³/mol. The summed E-state index contributed by atoms with van der Waals surface area (Å²) in [6.07, 6.45) is 9.08. The summed E-state index contributed by atoms with van der Waals surface area (Å²) in [5.41, 5.74) is 1.03. The minimum absolute atomic E-state index is 0.139. The molecule has 38 heavy (non-hydrogen) atoms. The standard InChI is InChI=1S/C31H37ClO5S/c1-2-3-4-5-6-7-8-12-15-30(31(32)33)37-27-18-22-29(23-19-27)38(34,35)28-20-16-26(17-21-28)36-24-25-13-10-9-11-14-25/h9-11,13-14,16-23,30H,2-8,12,15,24H2,1H3/t30-/m0/s1. The Morgan fingerprint density at radius 1 is 0.737 bits per heavy atom. The van der Waals surface area contributed by atoms with E-state index in [4.69, 9.17) is 21.1 Å². The summed E-state index contributed by atoms with van der Waals surface area (Å²) in [7, 11) is -3.72. The second kappa shape index (κ2) is 15.6. The topological polar surface area (TPSA) is 69.7 Å². The fourth-order valence-corrected chi connectivity index (χ4v) is 5.55. The first kappa shape index (κ1) is 29.7. The molecule has 0 unspecified atom stereocenters. The van der Waals surface area contributed by atoms with Crippen LogP contribution < -0.4 is 9.47 Å². The highest BCUT2D eigenvalue weighted by atomic mass is 35.5. The molecular weight excluding hydrogens is 520 g/mol. The number of sulfone groups is 1. The molecule has 7 heteroatoms. The zero-order valence-electron chi connectivity index (χ0n) is 22.0. The van der Waals surface area contributed by atoms with Crippen molar-refractivity contribution in [1.82, 2.24) is 0 Å². The average molecular weight is 557 g/mol. The van der Waals surface area contributed by atoms with Crippen molar-refractivity contribution < 1.29 is 22.7 Å². The summed E-state index contributed by atoms with van der Waals surface area (Å²) >= 11 is 5.77. The predicted octanol–water partition coefficient (Wildman–Crippen LogP) is 8.14. The molecule has 0 aliphatic carbocycles. The number of hydrogen-bond acceptors (Lipinski definition) is 5. The number of rotatable bonds is 17. The van der Waals surface area contributed by atoms with Crippen molar-refractivity contribution in [3.63, 3.8) is 0 Å². The maximum Gasteiger partial charge on any atom is 0.262 e. The molecule has 0 saturated heterocycles. The molecule has 1 atom stereocenters. The fourth-order valence-electron chi connectivity index (χ4n) is 4.14. The third kappa shape index (κ3) is 9.48. The molecule has 0 saturated carbocycles. The summed E-state index contributed by atoms with van der Waals surface area (Å²) in [4.78, 5) is 12.2. The molecule has 0 N–H and O–H groups in total. The quantitative estimate of drug-likeness (QED) is 0.124. The highest BCUT2D eigenvalue weighted by Crippen LogP contribution is 2.26. The van der Waals surface area contributed by atoms with Gasteiger partial charge >= 0.3 is 0 Å². The Kier molecular flexibility index (Phi) is 12.2. The van der Waals surface area contributed by atoms with E-state index in [0.717, 1.165) is 24.8 Å². The van der Waals surface area contributed by atoms with Gasteiger partial charge in [0.2, 0.25) is 9.84 Å². The van der Waals surface area contributed by atoms with Crippen molar-refractivity contribution >= 4 is 26.7 Å². The molecular formula is C31H37ClO5S. The molecule has 0 heterocycles.